The predicted octanol–water partition coefficient (Wildman–Crippen LogP) is 2.17. The standard InChI is InChI=1S/C17H17N7/c1-23-16-14(10-20-23)17(24-7-3-4-12(8-18)11-24)22-15(21-16)13-5-2-6-19-9-13/h2,5-6,9-10,12H,3-4,7,11H2,1H3/t12-/m1/s1. The number of pyridine rings is 1. The van der Waals surface area contributed by atoms with Crippen molar-refractivity contribution in [2.75, 3.05) is 18.0 Å². The number of hydrogen-bond donors (Lipinski definition) is 0. The van der Waals surface area contributed by atoms with Crippen molar-refractivity contribution in [3.05, 3.63) is 30.7 Å². The second kappa shape index (κ2) is 5.89. The summed E-state index contributed by atoms with van der Waals surface area (Å²) in [6.45, 7) is 1.59. The molecule has 0 bridgehead atoms. The minimum Gasteiger partial charge on any atom is -0.355 e. The Morgan fingerprint density at radius 3 is 3.00 bits per heavy atom. The minimum atomic E-state index is 0.0438. The second-order valence-corrected chi connectivity index (χ2v) is 6.03. The largest absolute Gasteiger partial charge is 0.355 e. The quantitative estimate of drug-likeness (QED) is 0.720. The average Bonchev–Trinajstić information content (AvgIpc) is 3.03. The number of nitriles is 1. The van der Waals surface area contributed by atoms with E-state index in [2.05, 4.69) is 26.0 Å². The van der Waals surface area contributed by atoms with Crippen LogP contribution in [0.25, 0.3) is 22.4 Å². The van der Waals surface area contributed by atoms with Gasteiger partial charge >= 0.3 is 0 Å². The van der Waals surface area contributed by atoms with E-state index < -0.39 is 0 Å². The summed E-state index contributed by atoms with van der Waals surface area (Å²) in [6.07, 6.45) is 7.23. The fourth-order valence-corrected chi connectivity index (χ4v) is 3.15. The number of hydrogen-bond acceptors (Lipinski definition) is 6. The second-order valence-electron chi connectivity index (χ2n) is 6.03. The van der Waals surface area contributed by atoms with Gasteiger partial charge in [-0.05, 0) is 25.0 Å². The van der Waals surface area contributed by atoms with Gasteiger partial charge in [-0.2, -0.15) is 10.4 Å². The minimum absolute atomic E-state index is 0.0438. The fraction of sp³-hybridized carbons (Fsp3) is 0.353. The molecule has 0 saturated carbocycles. The van der Waals surface area contributed by atoms with E-state index in [9.17, 15) is 5.26 Å². The number of anilines is 1. The number of rotatable bonds is 2. The molecule has 7 nitrogen and oxygen atoms in total. The molecule has 0 amide bonds. The zero-order valence-electron chi connectivity index (χ0n) is 13.4. The van der Waals surface area contributed by atoms with E-state index >= 15 is 0 Å². The third kappa shape index (κ3) is 2.46. The maximum atomic E-state index is 9.27. The third-order valence-electron chi connectivity index (χ3n) is 4.40. The average molecular weight is 319 g/mol. The lowest BCUT2D eigenvalue weighted by molar-refractivity contribution is 0.491. The number of aromatic nitrogens is 5. The molecule has 0 radical (unpaired) electrons. The molecule has 24 heavy (non-hydrogen) atoms. The van der Waals surface area contributed by atoms with Crippen LogP contribution in [0.4, 0.5) is 5.82 Å². The van der Waals surface area contributed by atoms with Gasteiger partial charge in [0, 0.05) is 38.1 Å². The van der Waals surface area contributed by atoms with E-state index in [1.54, 1.807) is 23.3 Å². The van der Waals surface area contributed by atoms with E-state index in [1.807, 2.05) is 19.2 Å². The first kappa shape index (κ1) is 14.6. The first-order valence-corrected chi connectivity index (χ1v) is 8.01. The number of fused-ring (bicyclic) bond motifs is 1. The number of nitrogens with zero attached hydrogens (tertiary/aromatic N) is 7. The molecule has 0 aliphatic carbocycles. The molecular formula is C17H17N7. The summed E-state index contributed by atoms with van der Waals surface area (Å²) in [7, 11) is 1.88. The Labute approximate surface area is 139 Å². The van der Waals surface area contributed by atoms with Gasteiger partial charge in [0.05, 0.1) is 23.6 Å². The summed E-state index contributed by atoms with van der Waals surface area (Å²) in [6, 6.07) is 6.21. The molecule has 0 unspecified atom stereocenters. The molecule has 1 saturated heterocycles. The van der Waals surface area contributed by atoms with Crippen molar-refractivity contribution >= 4 is 16.9 Å². The zero-order valence-corrected chi connectivity index (χ0v) is 13.4. The lowest BCUT2D eigenvalue weighted by atomic mass is 9.99. The van der Waals surface area contributed by atoms with Crippen molar-refractivity contribution in [2.45, 2.75) is 12.8 Å². The molecule has 7 heteroatoms. The molecule has 3 aromatic heterocycles. The Morgan fingerprint density at radius 2 is 2.21 bits per heavy atom. The molecule has 4 heterocycles. The van der Waals surface area contributed by atoms with Crippen molar-refractivity contribution in [1.82, 2.24) is 24.7 Å². The molecule has 120 valence electrons. The topological polar surface area (TPSA) is 83.5 Å². The molecule has 0 aromatic carbocycles. The molecule has 1 aliphatic heterocycles. The van der Waals surface area contributed by atoms with Crippen molar-refractivity contribution in [3.63, 3.8) is 0 Å². The van der Waals surface area contributed by atoms with E-state index in [0.29, 0.717) is 12.4 Å². The zero-order chi connectivity index (χ0) is 16.5. The van der Waals surface area contributed by atoms with E-state index in [-0.39, 0.29) is 5.92 Å². The van der Waals surface area contributed by atoms with E-state index in [4.69, 9.17) is 4.98 Å². The predicted molar refractivity (Wildman–Crippen MR) is 90.1 cm³/mol. The molecule has 0 spiro atoms. The first-order valence-electron chi connectivity index (χ1n) is 8.01. The molecule has 0 N–H and O–H groups in total. The SMILES string of the molecule is Cn1ncc2c(N3CCC[C@H](C#N)C3)nc(-c3cccnc3)nc21. The van der Waals surface area contributed by atoms with Crippen molar-refractivity contribution in [3.8, 4) is 17.5 Å². The van der Waals surface area contributed by atoms with Crippen LogP contribution in [0.1, 0.15) is 12.8 Å². The normalized spacial score (nSPS) is 17.8. The molecule has 4 rings (SSSR count). The highest BCUT2D eigenvalue weighted by atomic mass is 15.3. The first-order chi connectivity index (χ1) is 11.8. The number of piperidine rings is 1. The summed E-state index contributed by atoms with van der Waals surface area (Å²) in [5.74, 6) is 1.53. The van der Waals surface area contributed by atoms with Crippen LogP contribution in [-0.4, -0.2) is 37.8 Å². The fourth-order valence-electron chi connectivity index (χ4n) is 3.15. The summed E-state index contributed by atoms with van der Waals surface area (Å²) in [4.78, 5) is 15.8. The summed E-state index contributed by atoms with van der Waals surface area (Å²) >= 11 is 0. The van der Waals surface area contributed by atoms with Crippen molar-refractivity contribution in [2.24, 2.45) is 13.0 Å². The van der Waals surface area contributed by atoms with Gasteiger partial charge in [-0.25, -0.2) is 9.97 Å². The maximum absolute atomic E-state index is 9.27. The van der Waals surface area contributed by atoms with Crippen molar-refractivity contribution < 1.29 is 0 Å². The highest BCUT2D eigenvalue weighted by Crippen LogP contribution is 2.30. The van der Waals surface area contributed by atoms with Gasteiger partial charge in [-0.1, -0.05) is 0 Å². The van der Waals surface area contributed by atoms with Gasteiger partial charge in [0.2, 0.25) is 0 Å². The van der Waals surface area contributed by atoms with Gasteiger partial charge in [-0.3, -0.25) is 9.67 Å². The monoisotopic (exact) mass is 319 g/mol. The Morgan fingerprint density at radius 1 is 1.29 bits per heavy atom. The third-order valence-corrected chi connectivity index (χ3v) is 4.40. The van der Waals surface area contributed by atoms with Gasteiger partial charge < -0.3 is 4.90 Å². The molecule has 1 aliphatic rings. The Hall–Kier alpha value is -3.01. The van der Waals surface area contributed by atoms with Gasteiger partial charge in [0.25, 0.3) is 0 Å². The molecule has 1 atom stereocenters. The van der Waals surface area contributed by atoms with Crippen LogP contribution >= 0.6 is 0 Å². The lowest BCUT2D eigenvalue weighted by Gasteiger charge is -2.31. The summed E-state index contributed by atoms with van der Waals surface area (Å²) in [5.41, 5.74) is 1.66. The van der Waals surface area contributed by atoms with E-state index in [1.165, 1.54) is 0 Å². The van der Waals surface area contributed by atoms with Gasteiger partial charge in [0.15, 0.2) is 11.5 Å². The Bertz CT molecular complexity index is 910. The van der Waals surface area contributed by atoms with Gasteiger partial charge in [0.1, 0.15) is 5.82 Å². The van der Waals surface area contributed by atoms with Crippen molar-refractivity contribution in [1.29, 1.82) is 5.26 Å². The van der Waals surface area contributed by atoms with Crippen LogP contribution < -0.4 is 4.90 Å². The van der Waals surface area contributed by atoms with Crippen LogP contribution in [-0.2, 0) is 7.05 Å². The van der Waals surface area contributed by atoms with Crippen LogP contribution in [0, 0.1) is 17.2 Å². The maximum Gasteiger partial charge on any atom is 0.165 e. The Balaban J connectivity index is 1.86. The summed E-state index contributed by atoms with van der Waals surface area (Å²) in [5, 5.41) is 14.5. The van der Waals surface area contributed by atoms with E-state index in [0.717, 1.165) is 41.8 Å². The number of aryl methyl sites for hydroxylation is 1. The van der Waals surface area contributed by atoms with Crippen LogP contribution in [0.15, 0.2) is 30.7 Å². The lowest BCUT2D eigenvalue weighted by Crippen LogP contribution is -2.35. The smallest absolute Gasteiger partial charge is 0.165 e. The Kier molecular flexibility index (Phi) is 3.58. The van der Waals surface area contributed by atoms with Crippen LogP contribution in [0.3, 0.4) is 0 Å². The van der Waals surface area contributed by atoms with Gasteiger partial charge in [-0.15, -0.1) is 0 Å². The summed E-state index contributed by atoms with van der Waals surface area (Å²) < 4.78 is 1.76. The highest BCUT2D eigenvalue weighted by Gasteiger charge is 2.24. The molecular weight excluding hydrogens is 302 g/mol. The molecule has 3 aromatic rings. The molecule has 1 fully saturated rings. The highest BCUT2D eigenvalue weighted by molar-refractivity contribution is 5.88. The van der Waals surface area contributed by atoms with Crippen LogP contribution in [0.2, 0.25) is 0 Å². The van der Waals surface area contributed by atoms with Crippen LogP contribution in [0.5, 0.6) is 0 Å².